The molecule has 6 aromatic rings. The molecule has 2 heterocycles. The molecule has 0 saturated carbocycles. The smallest absolute Gasteiger partial charge is 0.135 e. The Bertz CT molecular complexity index is 1420. The predicted molar refractivity (Wildman–Crippen MR) is 109 cm³/mol. The second-order valence-electron chi connectivity index (χ2n) is 6.75. The van der Waals surface area contributed by atoms with Crippen molar-refractivity contribution in [3.63, 3.8) is 0 Å². The second-order valence-corrected chi connectivity index (χ2v) is 6.75. The Morgan fingerprint density at radius 2 is 1.46 bits per heavy atom. The Morgan fingerprint density at radius 3 is 2.38 bits per heavy atom. The van der Waals surface area contributed by atoms with E-state index < -0.39 is 0 Å². The van der Waals surface area contributed by atoms with Crippen LogP contribution in [0.5, 0.6) is 0 Å². The summed E-state index contributed by atoms with van der Waals surface area (Å²) in [6.07, 6.45) is 0. The summed E-state index contributed by atoms with van der Waals surface area (Å²) >= 11 is 0. The van der Waals surface area contributed by atoms with Crippen molar-refractivity contribution in [2.45, 2.75) is 0 Å². The minimum absolute atomic E-state index is 0.905. The van der Waals surface area contributed by atoms with Gasteiger partial charge in [-0.2, -0.15) is 0 Å². The van der Waals surface area contributed by atoms with E-state index in [9.17, 15) is 0 Å². The Morgan fingerprint density at radius 1 is 0.615 bits per heavy atom. The van der Waals surface area contributed by atoms with Crippen molar-refractivity contribution in [1.29, 1.82) is 0 Å². The summed E-state index contributed by atoms with van der Waals surface area (Å²) in [5.41, 5.74) is 4.33. The first-order valence-electron chi connectivity index (χ1n) is 8.79. The second kappa shape index (κ2) is 4.99. The maximum Gasteiger partial charge on any atom is 0.135 e. The largest absolute Gasteiger partial charge is 0.456 e. The summed E-state index contributed by atoms with van der Waals surface area (Å²) < 4.78 is 6.18. The molecule has 0 atom stereocenters. The lowest BCUT2D eigenvalue weighted by molar-refractivity contribution is 0.632. The summed E-state index contributed by atoms with van der Waals surface area (Å²) in [6, 6.07) is 29.6. The first-order chi connectivity index (χ1) is 12.9. The fraction of sp³-hybridized carbons (Fsp3) is 0. The van der Waals surface area contributed by atoms with E-state index >= 15 is 0 Å². The molecule has 0 bridgehead atoms. The summed E-state index contributed by atoms with van der Waals surface area (Å²) in [7, 11) is 0. The molecule has 122 valence electrons. The van der Waals surface area contributed by atoms with Crippen LogP contribution in [0.25, 0.3) is 54.9 Å². The fourth-order valence-corrected chi connectivity index (χ4v) is 3.95. The Labute approximate surface area is 149 Å². The van der Waals surface area contributed by atoms with Gasteiger partial charge < -0.3 is 9.40 Å². The normalized spacial score (nSPS) is 11.8. The molecule has 6 rings (SSSR count). The van der Waals surface area contributed by atoms with Crippen molar-refractivity contribution in [3.05, 3.63) is 84.9 Å². The lowest BCUT2D eigenvalue weighted by Crippen LogP contribution is -1.74. The minimum atomic E-state index is 0.905. The van der Waals surface area contributed by atoms with Crippen LogP contribution in [0.1, 0.15) is 0 Å². The van der Waals surface area contributed by atoms with Gasteiger partial charge in [0.15, 0.2) is 0 Å². The molecular formula is C24H15NO. The van der Waals surface area contributed by atoms with E-state index in [1.54, 1.807) is 0 Å². The van der Waals surface area contributed by atoms with Gasteiger partial charge in [-0.05, 0) is 35.0 Å². The molecular weight excluding hydrogens is 318 g/mol. The molecule has 0 aliphatic heterocycles. The maximum absolute atomic E-state index is 6.18. The molecule has 0 radical (unpaired) electrons. The molecule has 0 amide bonds. The topological polar surface area (TPSA) is 28.9 Å². The zero-order chi connectivity index (χ0) is 17.1. The van der Waals surface area contributed by atoms with Gasteiger partial charge in [0.2, 0.25) is 0 Å². The quantitative estimate of drug-likeness (QED) is 0.349. The van der Waals surface area contributed by atoms with Crippen LogP contribution in [-0.2, 0) is 0 Å². The molecule has 0 fully saturated rings. The van der Waals surface area contributed by atoms with Gasteiger partial charge in [-0.1, -0.05) is 60.7 Å². The Balaban J connectivity index is 1.70. The first-order valence-corrected chi connectivity index (χ1v) is 8.79. The zero-order valence-electron chi connectivity index (χ0n) is 14.0. The van der Waals surface area contributed by atoms with E-state index in [4.69, 9.17) is 4.42 Å². The number of aromatic amines is 1. The molecule has 2 nitrogen and oxygen atoms in total. The van der Waals surface area contributed by atoms with Crippen LogP contribution < -0.4 is 0 Å². The highest BCUT2D eigenvalue weighted by atomic mass is 16.3. The van der Waals surface area contributed by atoms with Crippen LogP contribution in [0.4, 0.5) is 0 Å². The van der Waals surface area contributed by atoms with Gasteiger partial charge in [0, 0.05) is 32.8 Å². The SMILES string of the molecule is c1ccc(-c2cc3cc4[nH]c5ccc6ccccc6c5c4cc3o2)cc1. The number of nitrogens with one attached hydrogen (secondary N) is 1. The zero-order valence-corrected chi connectivity index (χ0v) is 14.0. The highest BCUT2D eigenvalue weighted by Gasteiger charge is 2.12. The van der Waals surface area contributed by atoms with Gasteiger partial charge in [0.25, 0.3) is 0 Å². The van der Waals surface area contributed by atoms with Gasteiger partial charge in [-0.25, -0.2) is 0 Å². The first kappa shape index (κ1) is 13.7. The molecule has 0 saturated heterocycles. The molecule has 26 heavy (non-hydrogen) atoms. The van der Waals surface area contributed by atoms with E-state index in [1.165, 1.54) is 21.5 Å². The van der Waals surface area contributed by atoms with Crippen molar-refractivity contribution >= 4 is 43.5 Å². The van der Waals surface area contributed by atoms with E-state index in [0.717, 1.165) is 33.3 Å². The highest BCUT2D eigenvalue weighted by Crippen LogP contribution is 2.36. The average Bonchev–Trinajstić information content (AvgIpc) is 3.27. The average molecular weight is 333 g/mol. The number of furan rings is 1. The number of rotatable bonds is 1. The van der Waals surface area contributed by atoms with E-state index in [0.29, 0.717) is 0 Å². The Kier molecular flexibility index (Phi) is 2.64. The third-order valence-corrected chi connectivity index (χ3v) is 5.18. The van der Waals surface area contributed by atoms with Crippen molar-refractivity contribution in [2.75, 3.05) is 0 Å². The molecule has 2 aromatic heterocycles. The number of aromatic nitrogens is 1. The lowest BCUT2D eigenvalue weighted by atomic mass is 10.0. The summed E-state index contributed by atoms with van der Waals surface area (Å²) in [6.45, 7) is 0. The standard InChI is InChI=1S/C24H15NO/c1-2-7-16(8-3-1)22-13-17-12-21-19(14-23(17)26-22)24-18-9-5-4-6-15(18)10-11-20(24)25-21/h1-14,25H. The highest BCUT2D eigenvalue weighted by molar-refractivity contribution is 6.21. The van der Waals surface area contributed by atoms with Crippen LogP contribution in [0.15, 0.2) is 89.3 Å². The maximum atomic E-state index is 6.18. The third-order valence-electron chi connectivity index (χ3n) is 5.18. The molecule has 4 aromatic carbocycles. The van der Waals surface area contributed by atoms with Crippen molar-refractivity contribution in [2.24, 2.45) is 0 Å². The third kappa shape index (κ3) is 1.87. The number of H-pyrrole nitrogens is 1. The van der Waals surface area contributed by atoms with Gasteiger partial charge >= 0.3 is 0 Å². The van der Waals surface area contributed by atoms with Gasteiger partial charge in [0.05, 0.1) is 0 Å². The van der Waals surface area contributed by atoms with Crippen LogP contribution in [0, 0.1) is 0 Å². The number of hydrogen-bond donors (Lipinski definition) is 1. The van der Waals surface area contributed by atoms with Crippen LogP contribution in [0.2, 0.25) is 0 Å². The molecule has 1 N–H and O–H groups in total. The molecule has 0 aliphatic carbocycles. The van der Waals surface area contributed by atoms with Gasteiger partial charge in [-0.15, -0.1) is 0 Å². The molecule has 0 spiro atoms. The van der Waals surface area contributed by atoms with E-state index in [1.807, 2.05) is 18.2 Å². The number of fused-ring (bicyclic) bond motifs is 6. The monoisotopic (exact) mass is 333 g/mol. The Hall–Kier alpha value is -3.52. The summed E-state index contributed by atoms with van der Waals surface area (Å²) in [4.78, 5) is 3.57. The fourth-order valence-electron chi connectivity index (χ4n) is 3.95. The van der Waals surface area contributed by atoms with Gasteiger partial charge in [0.1, 0.15) is 11.3 Å². The number of hydrogen-bond acceptors (Lipinski definition) is 1. The minimum Gasteiger partial charge on any atom is -0.456 e. The van der Waals surface area contributed by atoms with Crippen LogP contribution >= 0.6 is 0 Å². The van der Waals surface area contributed by atoms with E-state index in [2.05, 4.69) is 71.7 Å². The van der Waals surface area contributed by atoms with Crippen LogP contribution in [0.3, 0.4) is 0 Å². The van der Waals surface area contributed by atoms with Gasteiger partial charge in [-0.3, -0.25) is 0 Å². The summed E-state index contributed by atoms with van der Waals surface area (Å²) in [5, 5.41) is 6.11. The van der Waals surface area contributed by atoms with E-state index in [-0.39, 0.29) is 0 Å². The predicted octanol–water partition coefficient (Wildman–Crippen LogP) is 6.89. The lowest BCUT2D eigenvalue weighted by Gasteiger charge is -1.99. The van der Waals surface area contributed by atoms with Crippen molar-refractivity contribution < 1.29 is 4.42 Å². The molecule has 0 unspecified atom stereocenters. The van der Waals surface area contributed by atoms with Crippen LogP contribution in [-0.4, -0.2) is 4.98 Å². The van der Waals surface area contributed by atoms with Crippen molar-refractivity contribution in [3.8, 4) is 11.3 Å². The number of benzene rings is 4. The van der Waals surface area contributed by atoms with Crippen molar-refractivity contribution in [1.82, 2.24) is 4.98 Å². The molecule has 0 aliphatic rings. The molecule has 2 heteroatoms. The summed E-state index contributed by atoms with van der Waals surface area (Å²) in [5.74, 6) is 0.905.